The third-order valence-electron chi connectivity index (χ3n) is 4.01. The molecule has 0 aliphatic carbocycles. The topological polar surface area (TPSA) is 97.1 Å². The predicted molar refractivity (Wildman–Crippen MR) is 110 cm³/mol. The maximum absolute atomic E-state index is 12.2. The SMILES string of the molecule is Cc1cccc(-c2nnc(-c3ccc(C(=O)NCC(=O)NC(C)(C)C)cc3)o2)c1. The summed E-state index contributed by atoms with van der Waals surface area (Å²) in [6, 6.07) is 14.6. The molecule has 0 spiro atoms. The van der Waals surface area contributed by atoms with E-state index >= 15 is 0 Å². The molecule has 0 unspecified atom stereocenters. The van der Waals surface area contributed by atoms with Crippen molar-refractivity contribution in [2.45, 2.75) is 33.2 Å². The number of benzene rings is 2. The summed E-state index contributed by atoms with van der Waals surface area (Å²) in [5.41, 5.74) is 2.77. The van der Waals surface area contributed by atoms with Crippen LogP contribution in [-0.4, -0.2) is 34.1 Å². The van der Waals surface area contributed by atoms with Gasteiger partial charge in [0.05, 0.1) is 6.54 Å². The van der Waals surface area contributed by atoms with Crippen LogP contribution in [0.4, 0.5) is 0 Å². The predicted octanol–water partition coefficient (Wildman–Crippen LogP) is 3.36. The first kappa shape index (κ1) is 20.3. The Bertz CT molecular complexity index is 1020. The second-order valence-electron chi connectivity index (χ2n) is 7.84. The molecule has 0 aliphatic rings. The van der Waals surface area contributed by atoms with Crippen LogP contribution in [0.5, 0.6) is 0 Å². The molecule has 150 valence electrons. The molecule has 7 nitrogen and oxygen atoms in total. The number of aromatic nitrogens is 2. The van der Waals surface area contributed by atoms with E-state index in [0.717, 1.165) is 11.1 Å². The van der Waals surface area contributed by atoms with Crippen LogP contribution in [0, 0.1) is 6.92 Å². The third-order valence-corrected chi connectivity index (χ3v) is 4.01. The standard InChI is InChI=1S/C22H24N4O3/c1-14-6-5-7-17(12-14)21-26-25-20(29-21)16-10-8-15(9-11-16)19(28)23-13-18(27)24-22(2,3)4/h5-12H,13H2,1-4H3,(H,23,28)(H,24,27). The monoisotopic (exact) mass is 392 g/mol. The first-order valence-corrected chi connectivity index (χ1v) is 9.31. The Morgan fingerprint density at radius 1 is 0.966 bits per heavy atom. The van der Waals surface area contributed by atoms with Gasteiger partial charge < -0.3 is 15.1 Å². The summed E-state index contributed by atoms with van der Waals surface area (Å²) in [5.74, 6) is 0.247. The van der Waals surface area contributed by atoms with E-state index in [-0.39, 0.29) is 23.9 Å². The lowest BCUT2D eigenvalue weighted by Gasteiger charge is -2.20. The number of hydrogen-bond acceptors (Lipinski definition) is 5. The van der Waals surface area contributed by atoms with E-state index < -0.39 is 0 Å². The molecule has 0 fully saturated rings. The number of amides is 2. The van der Waals surface area contributed by atoms with Crippen LogP contribution < -0.4 is 10.6 Å². The van der Waals surface area contributed by atoms with Crippen molar-refractivity contribution in [1.82, 2.24) is 20.8 Å². The van der Waals surface area contributed by atoms with Crippen LogP contribution in [0.25, 0.3) is 22.9 Å². The van der Waals surface area contributed by atoms with Crippen molar-refractivity contribution in [3.63, 3.8) is 0 Å². The van der Waals surface area contributed by atoms with Crippen molar-refractivity contribution in [1.29, 1.82) is 0 Å². The highest BCUT2D eigenvalue weighted by Gasteiger charge is 2.15. The molecule has 3 rings (SSSR count). The summed E-state index contributed by atoms with van der Waals surface area (Å²) in [4.78, 5) is 24.1. The van der Waals surface area contributed by atoms with E-state index in [4.69, 9.17) is 4.42 Å². The van der Waals surface area contributed by atoms with Crippen LogP contribution in [0.15, 0.2) is 52.9 Å². The first-order valence-electron chi connectivity index (χ1n) is 9.31. The summed E-state index contributed by atoms with van der Waals surface area (Å²) >= 11 is 0. The molecule has 2 aromatic carbocycles. The van der Waals surface area contributed by atoms with E-state index in [1.54, 1.807) is 24.3 Å². The Morgan fingerprint density at radius 3 is 2.24 bits per heavy atom. The molecule has 29 heavy (non-hydrogen) atoms. The summed E-state index contributed by atoms with van der Waals surface area (Å²) in [5, 5.41) is 13.6. The maximum atomic E-state index is 12.2. The van der Waals surface area contributed by atoms with Gasteiger partial charge in [-0.05, 0) is 64.1 Å². The molecule has 2 N–H and O–H groups in total. The van der Waals surface area contributed by atoms with Gasteiger partial charge in [0, 0.05) is 22.2 Å². The molecule has 1 heterocycles. The Labute approximate surface area is 169 Å². The highest BCUT2D eigenvalue weighted by Crippen LogP contribution is 2.24. The molecular formula is C22H24N4O3. The molecule has 0 saturated heterocycles. The second kappa shape index (κ2) is 8.26. The van der Waals surface area contributed by atoms with Crippen molar-refractivity contribution >= 4 is 11.8 Å². The zero-order chi connectivity index (χ0) is 21.0. The van der Waals surface area contributed by atoms with Gasteiger partial charge in [0.2, 0.25) is 17.7 Å². The van der Waals surface area contributed by atoms with Gasteiger partial charge >= 0.3 is 0 Å². The van der Waals surface area contributed by atoms with E-state index in [1.807, 2.05) is 52.0 Å². The van der Waals surface area contributed by atoms with Gasteiger partial charge in [-0.3, -0.25) is 9.59 Å². The molecule has 0 aliphatic heterocycles. The van der Waals surface area contributed by atoms with Crippen molar-refractivity contribution < 1.29 is 14.0 Å². The number of aryl methyl sites for hydroxylation is 1. The van der Waals surface area contributed by atoms with Crippen LogP contribution >= 0.6 is 0 Å². The summed E-state index contributed by atoms with van der Waals surface area (Å²) in [7, 11) is 0. The molecular weight excluding hydrogens is 368 g/mol. The van der Waals surface area contributed by atoms with E-state index in [2.05, 4.69) is 20.8 Å². The highest BCUT2D eigenvalue weighted by atomic mass is 16.4. The molecule has 0 saturated carbocycles. The van der Waals surface area contributed by atoms with Gasteiger partial charge in [0.1, 0.15) is 0 Å². The minimum Gasteiger partial charge on any atom is -0.416 e. The number of rotatable bonds is 5. The highest BCUT2D eigenvalue weighted by molar-refractivity contribution is 5.96. The number of hydrogen-bond donors (Lipinski definition) is 2. The minimum absolute atomic E-state index is 0.0820. The third kappa shape index (κ3) is 5.51. The smallest absolute Gasteiger partial charge is 0.251 e. The lowest BCUT2D eigenvalue weighted by Crippen LogP contribution is -2.45. The molecule has 3 aromatic rings. The number of nitrogens with one attached hydrogen (secondary N) is 2. The quantitative estimate of drug-likeness (QED) is 0.694. The van der Waals surface area contributed by atoms with Crippen molar-refractivity contribution in [3.8, 4) is 22.9 Å². The minimum atomic E-state index is -0.342. The van der Waals surface area contributed by atoms with E-state index in [1.165, 1.54) is 0 Å². The largest absolute Gasteiger partial charge is 0.416 e. The average Bonchev–Trinajstić information content (AvgIpc) is 3.15. The lowest BCUT2D eigenvalue weighted by molar-refractivity contribution is -0.121. The summed E-state index contributed by atoms with van der Waals surface area (Å²) in [6.07, 6.45) is 0. The van der Waals surface area contributed by atoms with Gasteiger partial charge in [-0.15, -0.1) is 10.2 Å². The fourth-order valence-corrected chi connectivity index (χ4v) is 2.72. The summed E-state index contributed by atoms with van der Waals surface area (Å²) in [6.45, 7) is 7.56. The van der Waals surface area contributed by atoms with Crippen LogP contribution in [0.2, 0.25) is 0 Å². The molecule has 0 atom stereocenters. The van der Waals surface area contributed by atoms with E-state index in [9.17, 15) is 9.59 Å². The fraction of sp³-hybridized carbons (Fsp3) is 0.273. The van der Waals surface area contributed by atoms with Crippen LogP contribution in [-0.2, 0) is 4.79 Å². The zero-order valence-corrected chi connectivity index (χ0v) is 16.9. The summed E-state index contributed by atoms with van der Waals surface area (Å²) < 4.78 is 5.76. The van der Waals surface area contributed by atoms with Crippen molar-refractivity contribution in [2.75, 3.05) is 6.54 Å². The van der Waals surface area contributed by atoms with Gasteiger partial charge in [-0.1, -0.05) is 17.7 Å². The molecule has 2 amide bonds. The van der Waals surface area contributed by atoms with Gasteiger partial charge in [0.15, 0.2) is 0 Å². The normalized spacial score (nSPS) is 11.2. The van der Waals surface area contributed by atoms with Crippen LogP contribution in [0.3, 0.4) is 0 Å². The van der Waals surface area contributed by atoms with Crippen molar-refractivity contribution in [2.24, 2.45) is 0 Å². The van der Waals surface area contributed by atoms with Crippen LogP contribution in [0.1, 0.15) is 36.7 Å². The molecule has 1 aromatic heterocycles. The number of carbonyl (C=O) groups excluding carboxylic acids is 2. The van der Waals surface area contributed by atoms with Gasteiger partial charge in [0.25, 0.3) is 5.91 Å². The van der Waals surface area contributed by atoms with Gasteiger partial charge in [-0.25, -0.2) is 0 Å². The molecule has 0 radical (unpaired) electrons. The van der Waals surface area contributed by atoms with Gasteiger partial charge in [-0.2, -0.15) is 0 Å². The fourth-order valence-electron chi connectivity index (χ4n) is 2.72. The molecule has 0 bridgehead atoms. The van der Waals surface area contributed by atoms with Crippen molar-refractivity contribution in [3.05, 3.63) is 59.7 Å². The lowest BCUT2D eigenvalue weighted by atomic mass is 10.1. The van der Waals surface area contributed by atoms with E-state index in [0.29, 0.717) is 22.9 Å². The first-order chi connectivity index (χ1) is 13.7. The molecule has 7 heteroatoms. The maximum Gasteiger partial charge on any atom is 0.251 e. The average molecular weight is 392 g/mol. The Morgan fingerprint density at radius 2 is 1.62 bits per heavy atom. The Hall–Kier alpha value is -3.48. The zero-order valence-electron chi connectivity index (χ0n) is 16.9. The second-order valence-corrected chi connectivity index (χ2v) is 7.84. The Kier molecular flexibility index (Phi) is 5.77. The number of nitrogens with zero attached hydrogens (tertiary/aromatic N) is 2. The Balaban J connectivity index is 1.64. The number of carbonyl (C=O) groups is 2.